The number of halogens is 3. The lowest BCUT2D eigenvalue weighted by molar-refractivity contribution is -0.137. The van der Waals surface area contributed by atoms with Gasteiger partial charge < -0.3 is 9.73 Å². The molecule has 0 bridgehead atoms. The highest BCUT2D eigenvalue weighted by molar-refractivity contribution is 5.82. The Bertz CT molecular complexity index is 1060. The van der Waals surface area contributed by atoms with E-state index in [2.05, 4.69) is 10.3 Å². The summed E-state index contributed by atoms with van der Waals surface area (Å²) in [5.41, 5.74) is 2.39. The predicted octanol–water partition coefficient (Wildman–Crippen LogP) is 6.26. The summed E-state index contributed by atoms with van der Waals surface area (Å²) in [4.78, 5) is 4.37. The van der Waals surface area contributed by atoms with Crippen LogP contribution in [0.15, 0.2) is 77.2 Å². The van der Waals surface area contributed by atoms with E-state index < -0.39 is 11.7 Å². The number of alkyl halides is 3. The maximum Gasteiger partial charge on any atom is 0.416 e. The molecule has 0 aliphatic heterocycles. The number of oxazole rings is 1. The molecule has 0 aliphatic carbocycles. The molecule has 0 atom stereocenters. The zero-order valence-electron chi connectivity index (χ0n) is 13.4. The highest BCUT2D eigenvalue weighted by Crippen LogP contribution is 2.33. The minimum atomic E-state index is -4.37. The van der Waals surface area contributed by atoms with Crippen molar-refractivity contribution in [2.75, 3.05) is 5.32 Å². The molecule has 0 aliphatic rings. The Hall–Kier alpha value is -3.28. The number of para-hydroxylation sites is 1. The fourth-order valence-corrected chi connectivity index (χ4v) is 2.68. The minimum absolute atomic E-state index is 0.326. The molecule has 1 aromatic heterocycles. The fourth-order valence-electron chi connectivity index (χ4n) is 2.68. The van der Waals surface area contributed by atoms with Crippen LogP contribution < -0.4 is 5.32 Å². The monoisotopic (exact) mass is 354 g/mol. The molecule has 0 unspecified atom stereocenters. The van der Waals surface area contributed by atoms with Gasteiger partial charge in [-0.25, -0.2) is 0 Å². The van der Waals surface area contributed by atoms with Gasteiger partial charge in [-0.15, -0.1) is 0 Å². The van der Waals surface area contributed by atoms with Gasteiger partial charge in [0.1, 0.15) is 5.52 Å². The van der Waals surface area contributed by atoms with Gasteiger partial charge in [-0.3, -0.25) is 0 Å². The molecule has 0 fully saturated rings. The Morgan fingerprint density at radius 1 is 0.808 bits per heavy atom. The van der Waals surface area contributed by atoms with Crippen LogP contribution in [0.25, 0.3) is 22.2 Å². The van der Waals surface area contributed by atoms with Crippen molar-refractivity contribution >= 4 is 22.8 Å². The first-order chi connectivity index (χ1) is 12.5. The first kappa shape index (κ1) is 16.2. The Morgan fingerprint density at radius 2 is 1.58 bits per heavy atom. The number of rotatable bonds is 3. The maximum absolute atomic E-state index is 12.9. The average molecular weight is 354 g/mol. The van der Waals surface area contributed by atoms with Gasteiger partial charge in [-0.05, 0) is 47.5 Å². The van der Waals surface area contributed by atoms with Crippen LogP contribution in [0.1, 0.15) is 5.56 Å². The normalized spacial score (nSPS) is 11.7. The molecular weight excluding hydrogens is 341 g/mol. The van der Waals surface area contributed by atoms with Crippen molar-refractivity contribution in [3.63, 3.8) is 0 Å². The summed E-state index contributed by atoms with van der Waals surface area (Å²) in [6.45, 7) is 0. The Morgan fingerprint density at radius 3 is 2.35 bits per heavy atom. The van der Waals surface area contributed by atoms with Gasteiger partial charge >= 0.3 is 6.18 Å². The Labute approximate surface area is 147 Å². The summed E-state index contributed by atoms with van der Waals surface area (Å²) < 4.78 is 44.4. The fraction of sp³-hybridized carbons (Fsp3) is 0.0500. The molecule has 0 saturated heterocycles. The lowest BCUT2D eigenvalue weighted by Gasteiger charge is -2.08. The lowest BCUT2D eigenvalue weighted by atomic mass is 10.0. The molecule has 130 valence electrons. The van der Waals surface area contributed by atoms with E-state index in [1.165, 1.54) is 6.07 Å². The molecule has 0 saturated carbocycles. The van der Waals surface area contributed by atoms with Crippen molar-refractivity contribution in [1.82, 2.24) is 4.98 Å². The largest absolute Gasteiger partial charge is 0.423 e. The van der Waals surface area contributed by atoms with Crippen molar-refractivity contribution in [2.24, 2.45) is 0 Å². The minimum Gasteiger partial charge on any atom is -0.423 e. The van der Waals surface area contributed by atoms with Gasteiger partial charge in [0.2, 0.25) is 0 Å². The van der Waals surface area contributed by atoms with Crippen LogP contribution in [-0.2, 0) is 6.18 Å². The second-order valence-corrected chi connectivity index (χ2v) is 5.77. The van der Waals surface area contributed by atoms with E-state index in [0.29, 0.717) is 28.2 Å². The lowest BCUT2D eigenvalue weighted by Crippen LogP contribution is -2.04. The van der Waals surface area contributed by atoms with E-state index in [0.717, 1.165) is 17.8 Å². The number of fused-ring (bicyclic) bond motifs is 1. The van der Waals surface area contributed by atoms with Crippen LogP contribution in [0, 0.1) is 0 Å². The standard InChI is InChI=1S/C20H13F3N2O/c21-20(22,23)15-6-4-5-13(11-15)14-9-10-18-17(12-14)25-19(26-18)24-16-7-2-1-3-8-16/h1-12H,(H,24,25). The topological polar surface area (TPSA) is 38.1 Å². The van der Waals surface area contributed by atoms with E-state index in [1.807, 2.05) is 30.3 Å². The number of hydrogen-bond acceptors (Lipinski definition) is 3. The molecule has 0 radical (unpaired) electrons. The zero-order valence-corrected chi connectivity index (χ0v) is 13.4. The molecule has 1 heterocycles. The molecule has 3 nitrogen and oxygen atoms in total. The SMILES string of the molecule is FC(F)(F)c1cccc(-c2ccc3oc(Nc4ccccc4)nc3c2)c1. The van der Waals surface area contributed by atoms with E-state index in [-0.39, 0.29) is 0 Å². The van der Waals surface area contributed by atoms with Crippen molar-refractivity contribution in [2.45, 2.75) is 6.18 Å². The Kier molecular flexibility index (Phi) is 3.88. The number of nitrogens with one attached hydrogen (secondary N) is 1. The zero-order chi connectivity index (χ0) is 18.1. The van der Waals surface area contributed by atoms with E-state index in [1.54, 1.807) is 24.3 Å². The molecular formula is C20H13F3N2O. The number of hydrogen-bond donors (Lipinski definition) is 1. The summed E-state index contributed by atoms with van der Waals surface area (Å²) in [5, 5.41) is 3.06. The van der Waals surface area contributed by atoms with Crippen LogP contribution in [-0.4, -0.2) is 4.98 Å². The van der Waals surface area contributed by atoms with Gasteiger partial charge in [0.25, 0.3) is 6.01 Å². The summed E-state index contributed by atoms with van der Waals surface area (Å²) in [7, 11) is 0. The number of benzene rings is 3. The van der Waals surface area contributed by atoms with Crippen molar-refractivity contribution < 1.29 is 17.6 Å². The van der Waals surface area contributed by atoms with Gasteiger partial charge in [0, 0.05) is 5.69 Å². The maximum atomic E-state index is 12.9. The van der Waals surface area contributed by atoms with Crippen LogP contribution >= 0.6 is 0 Å². The second-order valence-electron chi connectivity index (χ2n) is 5.77. The predicted molar refractivity (Wildman–Crippen MR) is 94.2 cm³/mol. The number of anilines is 2. The van der Waals surface area contributed by atoms with E-state index in [4.69, 9.17) is 4.42 Å². The quantitative estimate of drug-likeness (QED) is 0.472. The third kappa shape index (κ3) is 3.26. The van der Waals surface area contributed by atoms with E-state index >= 15 is 0 Å². The first-order valence-electron chi connectivity index (χ1n) is 7.89. The third-order valence-corrected chi connectivity index (χ3v) is 3.94. The Balaban J connectivity index is 1.68. The second kappa shape index (κ2) is 6.22. The van der Waals surface area contributed by atoms with Crippen molar-refractivity contribution in [1.29, 1.82) is 0 Å². The molecule has 3 aromatic carbocycles. The van der Waals surface area contributed by atoms with E-state index in [9.17, 15) is 13.2 Å². The smallest absolute Gasteiger partial charge is 0.416 e. The summed E-state index contributed by atoms with van der Waals surface area (Å²) in [6, 6.07) is 20.1. The summed E-state index contributed by atoms with van der Waals surface area (Å²) in [5.74, 6) is 0. The average Bonchev–Trinajstić information content (AvgIpc) is 3.03. The molecule has 26 heavy (non-hydrogen) atoms. The molecule has 0 amide bonds. The van der Waals surface area contributed by atoms with Crippen LogP contribution in [0.5, 0.6) is 0 Å². The van der Waals surface area contributed by atoms with Gasteiger partial charge in [0.15, 0.2) is 5.58 Å². The van der Waals surface area contributed by atoms with Gasteiger partial charge in [-0.2, -0.15) is 18.2 Å². The molecule has 0 spiro atoms. The van der Waals surface area contributed by atoms with Crippen LogP contribution in [0.4, 0.5) is 24.9 Å². The van der Waals surface area contributed by atoms with Gasteiger partial charge in [0.05, 0.1) is 5.56 Å². The molecule has 6 heteroatoms. The number of aromatic nitrogens is 1. The molecule has 1 N–H and O–H groups in total. The van der Waals surface area contributed by atoms with Crippen molar-refractivity contribution in [3.8, 4) is 11.1 Å². The molecule has 4 aromatic rings. The highest BCUT2D eigenvalue weighted by atomic mass is 19.4. The summed E-state index contributed by atoms with van der Waals surface area (Å²) in [6.07, 6.45) is -4.37. The number of nitrogens with zero attached hydrogens (tertiary/aromatic N) is 1. The highest BCUT2D eigenvalue weighted by Gasteiger charge is 2.30. The van der Waals surface area contributed by atoms with Crippen molar-refractivity contribution in [3.05, 3.63) is 78.4 Å². The van der Waals surface area contributed by atoms with Crippen LogP contribution in [0.2, 0.25) is 0 Å². The van der Waals surface area contributed by atoms with Gasteiger partial charge in [-0.1, -0.05) is 36.4 Å². The molecule has 4 rings (SSSR count). The summed E-state index contributed by atoms with van der Waals surface area (Å²) >= 11 is 0. The third-order valence-electron chi connectivity index (χ3n) is 3.94. The van der Waals surface area contributed by atoms with Crippen LogP contribution in [0.3, 0.4) is 0 Å². The first-order valence-corrected chi connectivity index (χ1v) is 7.89.